The summed E-state index contributed by atoms with van der Waals surface area (Å²) in [6, 6.07) is 0. The highest BCUT2D eigenvalue weighted by Crippen LogP contribution is 2.02. The smallest absolute Gasteiger partial charge is 0.242 e. The van der Waals surface area contributed by atoms with Crippen LogP contribution in [0.25, 0.3) is 0 Å². The van der Waals surface area contributed by atoms with Crippen LogP contribution in [0.5, 0.6) is 0 Å². The Kier molecular flexibility index (Phi) is 4.11. The molecule has 6 nitrogen and oxygen atoms in total. The highest BCUT2D eigenvalue weighted by atomic mass is 16.5. The van der Waals surface area contributed by atoms with Crippen molar-refractivity contribution in [2.45, 2.75) is 13.1 Å². The molecule has 2 heterocycles. The summed E-state index contributed by atoms with van der Waals surface area (Å²) in [4.78, 5) is 18.1. The second kappa shape index (κ2) is 5.79. The first-order valence-electron chi connectivity index (χ1n) is 5.81. The van der Waals surface area contributed by atoms with Crippen LogP contribution in [0.4, 0.5) is 0 Å². The topological polar surface area (TPSA) is 59.4 Å². The molecule has 1 fully saturated rings. The van der Waals surface area contributed by atoms with Gasteiger partial charge < -0.3 is 19.5 Å². The second-order valence-electron chi connectivity index (χ2n) is 3.99. The van der Waals surface area contributed by atoms with Gasteiger partial charge in [0.15, 0.2) is 0 Å². The van der Waals surface area contributed by atoms with Gasteiger partial charge >= 0.3 is 0 Å². The summed E-state index contributed by atoms with van der Waals surface area (Å²) in [6.45, 7) is 3.68. The van der Waals surface area contributed by atoms with Crippen molar-refractivity contribution in [3.8, 4) is 0 Å². The third-order valence-electron chi connectivity index (χ3n) is 2.81. The van der Waals surface area contributed by atoms with Crippen molar-refractivity contribution in [2.75, 3.05) is 33.4 Å². The minimum atomic E-state index is 0.128. The molecule has 1 aliphatic heterocycles. The third-order valence-corrected chi connectivity index (χ3v) is 2.81. The van der Waals surface area contributed by atoms with Gasteiger partial charge in [0, 0.05) is 25.5 Å². The predicted octanol–water partition coefficient (Wildman–Crippen LogP) is -0.539. The SMILES string of the molecule is CNCc1nccn1CC(=O)N1CCOCC1. The fourth-order valence-electron chi connectivity index (χ4n) is 1.87. The van der Waals surface area contributed by atoms with Gasteiger partial charge in [-0.15, -0.1) is 0 Å². The van der Waals surface area contributed by atoms with Gasteiger partial charge in [-0.05, 0) is 7.05 Å². The van der Waals surface area contributed by atoms with E-state index < -0.39 is 0 Å². The predicted molar refractivity (Wildman–Crippen MR) is 62.4 cm³/mol. The number of hydrogen-bond acceptors (Lipinski definition) is 4. The first-order chi connectivity index (χ1) is 8.31. The van der Waals surface area contributed by atoms with Crippen LogP contribution in [0, 0.1) is 0 Å². The van der Waals surface area contributed by atoms with Crippen molar-refractivity contribution >= 4 is 5.91 Å². The number of rotatable bonds is 4. The van der Waals surface area contributed by atoms with E-state index in [1.165, 1.54) is 0 Å². The molecule has 6 heteroatoms. The average Bonchev–Trinajstić information content (AvgIpc) is 2.78. The number of amides is 1. The van der Waals surface area contributed by atoms with Crippen molar-refractivity contribution in [2.24, 2.45) is 0 Å². The van der Waals surface area contributed by atoms with Crippen LogP contribution in [0.15, 0.2) is 12.4 Å². The Hall–Kier alpha value is -1.40. The first kappa shape index (κ1) is 12.1. The van der Waals surface area contributed by atoms with Crippen LogP contribution in [0.2, 0.25) is 0 Å². The Labute approximate surface area is 101 Å². The fraction of sp³-hybridized carbons (Fsp3) is 0.636. The van der Waals surface area contributed by atoms with Crippen molar-refractivity contribution in [3.63, 3.8) is 0 Å². The van der Waals surface area contributed by atoms with Crippen LogP contribution >= 0.6 is 0 Å². The Morgan fingerprint density at radius 2 is 2.29 bits per heavy atom. The largest absolute Gasteiger partial charge is 0.378 e. The molecule has 0 spiro atoms. The van der Waals surface area contributed by atoms with Crippen LogP contribution in [0.1, 0.15) is 5.82 Å². The van der Waals surface area contributed by atoms with E-state index in [4.69, 9.17) is 4.74 Å². The van der Waals surface area contributed by atoms with E-state index in [2.05, 4.69) is 10.3 Å². The molecule has 0 unspecified atom stereocenters. The molecule has 2 rings (SSSR count). The van der Waals surface area contributed by atoms with Crippen molar-refractivity contribution in [1.29, 1.82) is 0 Å². The van der Waals surface area contributed by atoms with Gasteiger partial charge in [-0.25, -0.2) is 4.98 Å². The number of hydrogen-bond donors (Lipinski definition) is 1. The van der Waals surface area contributed by atoms with Gasteiger partial charge in [0.05, 0.1) is 19.8 Å². The standard InChI is InChI=1S/C11H18N4O2/c1-12-8-10-13-2-3-15(10)9-11(16)14-4-6-17-7-5-14/h2-3,12H,4-9H2,1H3. The van der Waals surface area contributed by atoms with Gasteiger partial charge in [0.1, 0.15) is 12.4 Å². The summed E-state index contributed by atoms with van der Waals surface area (Å²) in [6.07, 6.45) is 3.56. The highest BCUT2D eigenvalue weighted by Gasteiger charge is 2.17. The zero-order valence-electron chi connectivity index (χ0n) is 10.1. The van der Waals surface area contributed by atoms with Gasteiger partial charge in [-0.1, -0.05) is 0 Å². The summed E-state index contributed by atoms with van der Waals surface area (Å²) < 4.78 is 7.11. The molecular formula is C11H18N4O2. The number of carbonyl (C=O) groups is 1. The van der Waals surface area contributed by atoms with E-state index in [1.807, 2.05) is 22.7 Å². The number of imidazole rings is 1. The Morgan fingerprint density at radius 1 is 1.53 bits per heavy atom. The molecule has 0 bridgehead atoms. The number of ether oxygens (including phenoxy) is 1. The minimum Gasteiger partial charge on any atom is -0.378 e. The summed E-state index contributed by atoms with van der Waals surface area (Å²) in [5.41, 5.74) is 0. The van der Waals surface area contributed by atoms with Crippen molar-refractivity contribution in [3.05, 3.63) is 18.2 Å². The van der Waals surface area contributed by atoms with E-state index in [-0.39, 0.29) is 5.91 Å². The first-order valence-corrected chi connectivity index (χ1v) is 5.81. The average molecular weight is 238 g/mol. The van der Waals surface area contributed by atoms with Gasteiger partial charge in [0.25, 0.3) is 0 Å². The normalized spacial score (nSPS) is 16.2. The summed E-state index contributed by atoms with van der Waals surface area (Å²) in [5, 5.41) is 3.04. The van der Waals surface area contributed by atoms with E-state index >= 15 is 0 Å². The van der Waals surface area contributed by atoms with Gasteiger partial charge in [-0.2, -0.15) is 0 Å². The van der Waals surface area contributed by atoms with Crippen LogP contribution in [0.3, 0.4) is 0 Å². The Bertz CT molecular complexity index is 371. The van der Waals surface area contributed by atoms with Crippen LogP contribution < -0.4 is 5.32 Å². The zero-order chi connectivity index (χ0) is 12.1. The number of morpholine rings is 1. The summed E-state index contributed by atoms with van der Waals surface area (Å²) >= 11 is 0. The van der Waals surface area contributed by atoms with Crippen molar-refractivity contribution < 1.29 is 9.53 Å². The van der Waals surface area contributed by atoms with Crippen LogP contribution in [-0.4, -0.2) is 53.7 Å². The maximum Gasteiger partial charge on any atom is 0.242 e. The lowest BCUT2D eigenvalue weighted by Gasteiger charge is -2.27. The molecule has 0 radical (unpaired) electrons. The molecule has 0 saturated carbocycles. The molecule has 1 aromatic heterocycles. The fourth-order valence-corrected chi connectivity index (χ4v) is 1.87. The molecule has 17 heavy (non-hydrogen) atoms. The third kappa shape index (κ3) is 3.04. The maximum atomic E-state index is 12.0. The molecule has 1 aromatic rings. The molecule has 1 aliphatic rings. The summed E-state index contributed by atoms with van der Waals surface area (Å²) in [7, 11) is 1.86. The minimum absolute atomic E-state index is 0.128. The molecule has 1 saturated heterocycles. The van der Waals surface area contributed by atoms with Gasteiger partial charge in [0.2, 0.25) is 5.91 Å². The molecular weight excluding hydrogens is 220 g/mol. The molecule has 94 valence electrons. The molecule has 0 atom stereocenters. The molecule has 0 aliphatic carbocycles. The summed E-state index contributed by atoms with van der Waals surface area (Å²) in [5.74, 6) is 1.01. The lowest BCUT2D eigenvalue weighted by Crippen LogP contribution is -2.42. The zero-order valence-corrected chi connectivity index (χ0v) is 10.1. The quantitative estimate of drug-likeness (QED) is 0.765. The van der Waals surface area contributed by atoms with E-state index in [0.717, 1.165) is 5.82 Å². The lowest BCUT2D eigenvalue weighted by atomic mass is 10.4. The number of nitrogens with one attached hydrogen (secondary N) is 1. The molecule has 1 amide bonds. The van der Waals surface area contributed by atoms with E-state index in [1.54, 1.807) is 6.20 Å². The highest BCUT2D eigenvalue weighted by molar-refractivity contribution is 5.76. The second-order valence-corrected chi connectivity index (χ2v) is 3.99. The maximum absolute atomic E-state index is 12.0. The Morgan fingerprint density at radius 3 is 3.00 bits per heavy atom. The van der Waals surface area contributed by atoms with E-state index in [0.29, 0.717) is 39.4 Å². The van der Waals surface area contributed by atoms with E-state index in [9.17, 15) is 4.79 Å². The van der Waals surface area contributed by atoms with Crippen LogP contribution in [-0.2, 0) is 22.6 Å². The van der Waals surface area contributed by atoms with Crippen molar-refractivity contribution in [1.82, 2.24) is 19.8 Å². The lowest BCUT2D eigenvalue weighted by molar-refractivity contribution is -0.135. The number of carbonyl (C=O) groups excluding carboxylic acids is 1. The number of nitrogens with zero attached hydrogens (tertiary/aromatic N) is 3. The molecule has 1 N–H and O–H groups in total. The number of aromatic nitrogens is 2. The van der Waals surface area contributed by atoms with Gasteiger partial charge in [-0.3, -0.25) is 4.79 Å². The Balaban J connectivity index is 1.94. The monoisotopic (exact) mass is 238 g/mol. The molecule has 0 aromatic carbocycles.